The van der Waals surface area contributed by atoms with E-state index in [2.05, 4.69) is 20.6 Å². The molecule has 0 aliphatic carbocycles. The second-order valence-corrected chi connectivity index (χ2v) is 10.2. The largest absolute Gasteiger partial charge is 0.394 e. The Labute approximate surface area is 255 Å². The molecule has 0 radical (unpaired) electrons. The first-order chi connectivity index (χ1) is 21.7. The number of aromatic nitrogens is 6. The Bertz CT molecular complexity index is 1580. The van der Waals surface area contributed by atoms with Crippen LogP contribution in [0.4, 0.5) is 11.4 Å². The Morgan fingerprint density at radius 3 is 1.71 bits per heavy atom. The fourth-order valence-electron chi connectivity index (χ4n) is 4.75. The van der Waals surface area contributed by atoms with Crippen molar-refractivity contribution < 1.29 is 39.0 Å². The van der Waals surface area contributed by atoms with Gasteiger partial charge in [-0.15, -0.1) is 10.2 Å². The molecular formula is C27H30N8O10. The number of benzene rings is 2. The maximum Gasteiger partial charge on any atom is 0.269 e. The second kappa shape index (κ2) is 14.4. The molecule has 45 heavy (non-hydrogen) atoms. The lowest BCUT2D eigenvalue weighted by molar-refractivity contribution is -0.385. The lowest BCUT2D eigenvalue weighted by Crippen LogP contribution is -2.60. The van der Waals surface area contributed by atoms with Gasteiger partial charge in [-0.25, -0.2) is 9.36 Å². The van der Waals surface area contributed by atoms with Crippen molar-refractivity contribution in [2.24, 2.45) is 0 Å². The quantitative estimate of drug-likeness (QED) is 0.147. The van der Waals surface area contributed by atoms with Crippen LogP contribution in [0.1, 0.15) is 22.5 Å². The van der Waals surface area contributed by atoms with Gasteiger partial charge < -0.3 is 29.2 Å². The molecule has 18 heteroatoms. The lowest BCUT2D eigenvalue weighted by Gasteiger charge is -2.43. The van der Waals surface area contributed by atoms with E-state index < -0.39 is 47.2 Å². The molecule has 1 aliphatic rings. The zero-order valence-corrected chi connectivity index (χ0v) is 23.9. The first kappa shape index (κ1) is 31.7. The summed E-state index contributed by atoms with van der Waals surface area (Å²) in [6.07, 6.45) is -1.93. The maximum absolute atomic E-state index is 11.0. The summed E-state index contributed by atoms with van der Waals surface area (Å²) in [5.41, 5.74) is 2.44. The number of nitrogens with zero attached hydrogens (tertiary/aromatic N) is 8. The van der Waals surface area contributed by atoms with Gasteiger partial charge in [-0.1, -0.05) is 34.7 Å². The van der Waals surface area contributed by atoms with Gasteiger partial charge in [-0.2, -0.15) is 0 Å². The van der Waals surface area contributed by atoms with E-state index >= 15 is 0 Å². The maximum atomic E-state index is 11.0. The Kier molecular flexibility index (Phi) is 10.1. The van der Waals surface area contributed by atoms with Gasteiger partial charge in [0.05, 0.1) is 55.2 Å². The van der Waals surface area contributed by atoms with Crippen molar-refractivity contribution in [3.05, 3.63) is 104 Å². The predicted molar refractivity (Wildman–Crippen MR) is 150 cm³/mol. The fraction of sp³-hybridized carbons (Fsp3) is 0.407. The van der Waals surface area contributed by atoms with Crippen molar-refractivity contribution >= 4 is 11.4 Å². The number of hydrogen-bond acceptors (Lipinski definition) is 14. The van der Waals surface area contributed by atoms with Crippen LogP contribution in [0, 0.1) is 20.2 Å². The minimum atomic E-state index is -1.28. The number of aliphatic hydroxyl groups excluding tert-OH is 2. The van der Waals surface area contributed by atoms with E-state index in [4.69, 9.17) is 18.9 Å². The third kappa shape index (κ3) is 7.87. The van der Waals surface area contributed by atoms with Gasteiger partial charge in [0.15, 0.2) is 6.29 Å². The molecule has 5 rings (SSSR count). The fourth-order valence-corrected chi connectivity index (χ4v) is 4.75. The zero-order valence-electron chi connectivity index (χ0n) is 23.9. The highest BCUT2D eigenvalue weighted by molar-refractivity contribution is 5.33. The number of methoxy groups -OCH3 is 1. The molecule has 1 aliphatic heterocycles. The summed E-state index contributed by atoms with van der Waals surface area (Å²) in [5, 5.41) is 58.9. The third-order valence-corrected chi connectivity index (χ3v) is 7.03. The van der Waals surface area contributed by atoms with Crippen LogP contribution < -0.4 is 0 Å². The Hall–Kier alpha value is -4.72. The van der Waals surface area contributed by atoms with Gasteiger partial charge in [0.25, 0.3) is 11.4 Å². The molecule has 18 nitrogen and oxygen atoms in total. The van der Waals surface area contributed by atoms with Crippen LogP contribution in [-0.2, 0) is 45.3 Å². The van der Waals surface area contributed by atoms with E-state index in [1.54, 1.807) is 46.0 Å². The molecule has 1 saturated heterocycles. The summed E-state index contributed by atoms with van der Waals surface area (Å²) in [6, 6.07) is 12.2. The third-order valence-electron chi connectivity index (χ3n) is 7.03. The van der Waals surface area contributed by atoms with Crippen molar-refractivity contribution in [1.29, 1.82) is 0 Å². The Morgan fingerprint density at radius 2 is 1.29 bits per heavy atom. The van der Waals surface area contributed by atoms with E-state index in [1.165, 1.54) is 31.4 Å². The molecule has 238 valence electrons. The summed E-state index contributed by atoms with van der Waals surface area (Å²) < 4.78 is 26.3. The molecule has 5 atom stereocenters. The minimum Gasteiger partial charge on any atom is -0.394 e. The van der Waals surface area contributed by atoms with Crippen LogP contribution in [0.5, 0.6) is 0 Å². The second-order valence-electron chi connectivity index (χ2n) is 10.2. The van der Waals surface area contributed by atoms with Gasteiger partial charge in [0.1, 0.15) is 35.8 Å². The molecule has 1 fully saturated rings. The molecule has 4 aromatic rings. The summed E-state index contributed by atoms with van der Waals surface area (Å²) in [4.78, 5) is 20.8. The Balaban J connectivity index is 1.21. The van der Waals surface area contributed by atoms with E-state index in [0.717, 1.165) is 11.1 Å². The number of nitro groups is 2. The molecule has 0 saturated carbocycles. The van der Waals surface area contributed by atoms with Gasteiger partial charge in [0, 0.05) is 31.4 Å². The van der Waals surface area contributed by atoms with Crippen LogP contribution in [0.3, 0.4) is 0 Å². The molecule has 2 aromatic heterocycles. The average Bonchev–Trinajstić information content (AvgIpc) is 3.69. The van der Waals surface area contributed by atoms with Crippen LogP contribution >= 0.6 is 0 Å². The van der Waals surface area contributed by atoms with E-state index in [-0.39, 0.29) is 24.6 Å². The van der Waals surface area contributed by atoms with Crippen molar-refractivity contribution in [2.45, 2.75) is 57.0 Å². The first-order valence-corrected chi connectivity index (χ1v) is 13.7. The first-order valence-electron chi connectivity index (χ1n) is 13.7. The lowest BCUT2D eigenvalue weighted by atomic mass is 9.98. The molecule has 2 N–H and O–H groups in total. The van der Waals surface area contributed by atoms with Gasteiger partial charge in [-0.3, -0.25) is 20.2 Å². The topological polar surface area (TPSA) is 225 Å². The summed E-state index contributed by atoms with van der Waals surface area (Å²) in [5.74, 6) is 0. The van der Waals surface area contributed by atoms with Gasteiger partial charge in [0.2, 0.25) is 0 Å². The highest BCUT2D eigenvalue weighted by Gasteiger charge is 2.47. The van der Waals surface area contributed by atoms with Gasteiger partial charge >= 0.3 is 0 Å². The highest BCUT2D eigenvalue weighted by atomic mass is 16.7. The monoisotopic (exact) mass is 626 g/mol. The summed E-state index contributed by atoms with van der Waals surface area (Å²) in [7, 11) is 1.40. The van der Waals surface area contributed by atoms with E-state index in [0.29, 0.717) is 24.5 Å². The number of aliphatic hydroxyl groups is 2. The molecule has 3 heterocycles. The smallest absolute Gasteiger partial charge is 0.269 e. The standard InChI is InChI=1S/C27H30N8O10/c1-42-27-26(44-16-20-13-33(31-29-20)11-18-4-8-22(9-5-18)35(40)41)25(24(37)23(14-36)45-27)43-15-19-12-32(30-28-19)10-17-2-6-21(7-3-17)34(38)39/h2-9,12-13,23-27,36-37H,10-11,14-16H2,1H3. The van der Waals surface area contributed by atoms with Crippen molar-refractivity contribution in [3.8, 4) is 0 Å². The number of hydrogen-bond donors (Lipinski definition) is 2. The van der Waals surface area contributed by atoms with Crippen LogP contribution in [0.15, 0.2) is 60.9 Å². The zero-order chi connectivity index (χ0) is 31.9. The summed E-state index contributed by atoms with van der Waals surface area (Å²) >= 11 is 0. The molecule has 0 spiro atoms. The molecule has 5 unspecified atom stereocenters. The average molecular weight is 627 g/mol. The van der Waals surface area contributed by atoms with Crippen molar-refractivity contribution in [1.82, 2.24) is 30.0 Å². The number of rotatable bonds is 14. The predicted octanol–water partition coefficient (Wildman–Crippen LogP) is 0.978. The normalized spacial score (nSPS) is 21.5. The molecule has 0 amide bonds. The van der Waals surface area contributed by atoms with Crippen LogP contribution in [0.25, 0.3) is 0 Å². The Morgan fingerprint density at radius 1 is 0.822 bits per heavy atom. The van der Waals surface area contributed by atoms with Crippen LogP contribution in [-0.4, -0.2) is 94.5 Å². The summed E-state index contributed by atoms with van der Waals surface area (Å²) in [6.45, 7) is 0.0410. The molecule has 0 bridgehead atoms. The van der Waals surface area contributed by atoms with Crippen molar-refractivity contribution in [3.63, 3.8) is 0 Å². The molecule has 2 aromatic carbocycles. The van der Waals surface area contributed by atoms with E-state index in [9.17, 15) is 30.4 Å². The number of ether oxygens (including phenoxy) is 4. The van der Waals surface area contributed by atoms with Crippen LogP contribution in [0.2, 0.25) is 0 Å². The number of non-ortho nitro benzene ring substituents is 2. The highest BCUT2D eigenvalue weighted by Crippen LogP contribution is 2.28. The minimum absolute atomic E-state index is 0.0110. The van der Waals surface area contributed by atoms with Gasteiger partial charge in [-0.05, 0) is 11.1 Å². The van der Waals surface area contributed by atoms with E-state index in [1.807, 2.05) is 0 Å². The van der Waals surface area contributed by atoms with Crippen molar-refractivity contribution in [2.75, 3.05) is 13.7 Å². The SMILES string of the molecule is COC1OC(CO)C(O)C(OCc2cn(Cc3ccc([N+](=O)[O-])cc3)nn2)C1OCc1cn(Cc2ccc([N+](=O)[O-])cc2)nn1. The number of nitro benzene ring substituents is 2. The molecular weight excluding hydrogens is 596 g/mol.